The number of rotatable bonds is 5. The second-order valence-corrected chi connectivity index (χ2v) is 8.15. The zero-order valence-corrected chi connectivity index (χ0v) is 15.2. The van der Waals surface area contributed by atoms with Gasteiger partial charge in [-0.05, 0) is 61.0 Å². The molecule has 128 valence electrons. The van der Waals surface area contributed by atoms with Gasteiger partial charge in [-0.15, -0.1) is 0 Å². The van der Waals surface area contributed by atoms with Crippen LogP contribution in [0.1, 0.15) is 56.9 Å². The number of hydrogen-bond donors (Lipinski definition) is 0. The van der Waals surface area contributed by atoms with E-state index < -0.39 is 0 Å². The average molecular weight is 335 g/mol. The van der Waals surface area contributed by atoms with E-state index in [-0.39, 0.29) is 0 Å². The third kappa shape index (κ3) is 4.80. The quantitative estimate of drug-likeness (QED) is 0.808. The summed E-state index contributed by atoms with van der Waals surface area (Å²) in [6, 6.07) is 2.74. The monoisotopic (exact) mass is 334 g/mol. The van der Waals surface area contributed by atoms with Gasteiger partial charge < -0.3 is 4.90 Å². The second kappa shape index (κ2) is 8.29. The molecule has 2 fully saturated rings. The van der Waals surface area contributed by atoms with Gasteiger partial charge in [0, 0.05) is 32.1 Å². The van der Waals surface area contributed by atoms with E-state index in [0.29, 0.717) is 11.9 Å². The van der Waals surface area contributed by atoms with Crippen molar-refractivity contribution >= 4 is 17.2 Å². The van der Waals surface area contributed by atoms with E-state index in [9.17, 15) is 4.79 Å². The number of likely N-dealkylation sites (tertiary alicyclic amines) is 1. The molecule has 1 aromatic rings. The Morgan fingerprint density at radius 1 is 1.22 bits per heavy atom. The van der Waals surface area contributed by atoms with Gasteiger partial charge in [-0.3, -0.25) is 9.69 Å². The minimum Gasteiger partial charge on any atom is -0.342 e. The first-order chi connectivity index (χ1) is 11.2. The molecule has 0 spiro atoms. The molecule has 1 atom stereocenters. The number of amides is 1. The highest BCUT2D eigenvalue weighted by molar-refractivity contribution is 7.07. The lowest BCUT2D eigenvalue weighted by atomic mass is 9.89. The number of thiophene rings is 1. The van der Waals surface area contributed by atoms with Gasteiger partial charge in [-0.2, -0.15) is 11.3 Å². The normalized spacial score (nSPS) is 24.2. The van der Waals surface area contributed by atoms with E-state index >= 15 is 0 Å². The summed E-state index contributed by atoms with van der Waals surface area (Å²) in [6.45, 7) is 2.97. The molecule has 4 heteroatoms. The molecule has 1 aliphatic heterocycles. The predicted molar refractivity (Wildman–Crippen MR) is 96.6 cm³/mol. The molecule has 2 aliphatic rings. The molecule has 3 rings (SSSR count). The molecule has 1 aromatic heterocycles. The molecule has 1 amide bonds. The largest absolute Gasteiger partial charge is 0.342 e. The Balaban J connectivity index is 1.51. The molecule has 3 nitrogen and oxygen atoms in total. The van der Waals surface area contributed by atoms with Crippen molar-refractivity contribution in [2.45, 2.75) is 64.0 Å². The van der Waals surface area contributed by atoms with Gasteiger partial charge in [0.2, 0.25) is 5.91 Å². The molecule has 1 saturated heterocycles. The summed E-state index contributed by atoms with van der Waals surface area (Å²) >= 11 is 1.76. The van der Waals surface area contributed by atoms with Crippen LogP contribution in [0.3, 0.4) is 0 Å². The molecule has 0 bridgehead atoms. The SMILES string of the molecule is CN(Cc1ccsc1)C1CCC(=O)N(CC2CCCCC2)CC1. The van der Waals surface area contributed by atoms with Crippen LogP contribution in [0, 0.1) is 5.92 Å². The first-order valence-electron chi connectivity index (χ1n) is 9.21. The third-order valence-electron chi connectivity index (χ3n) is 5.62. The van der Waals surface area contributed by atoms with Gasteiger partial charge in [0.1, 0.15) is 0 Å². The van der Waals surface area contributed by atoms with Crippen LogP contribution < -0.4 is 0 Å². The number of carbonyl (C=O) groups is 1. The van der Waals surface area contributed by atoms with E-state index in [0.717, 1.165) is 44.8 Å². The zero-order valence-electron chi connectivity index (χ0n) is 14.4. The molecule has 1 unspecified atom stereocenters. The highest BCUT2D eigenvalue weighted by Crippen LogP contribution is 2.26. The Bertz CT molecular complexity index is 482. The number of carbonyl (C=O) groups excluding carboxylic acids is 1. The van der Waals surface area contributed by atoms with E-state index in [4.69, 9.17) is 0 Å². The lowest BCUT2D eigenvalue weighted by Gasteiger charge is -2.30. The van der Waals surface area contributed by atoms with Crippen LogP contribution in [-0.4, -0.2) is 41.9 Å². The molecule has 2 heterocycles. The molecule has 0 radical (unpaired) electrons. The minimum atomic E-state index is 0.391. The van der Waals surface area contributed by atoms with Crippen molar-refractivity contribution < 1.29 is 4.79 Å². The Morgan fingerprint density at radius 3 is 2.78 bits per heavy atom. The van der Waals surface area contributed by atoms with Gasteiger partial charge in [-0.1, -0.05) is 19.3 Å². The first-order valence-corrected chi connectivity index (χ1v) is 10.2. The maximum atomic E-state index is 12.5. The van der Waals surface area contributed by atoms with E-state index in [1.165, 1.54) is 37.7 Å². The molecular formula is C19H30N2OS. The molecule has 1 saturated carbocycles. The van der Waals surface area contributed by atoms with Crippen LogP contribution in [0.5, 0.6) is 0 Å². The van der Waals surface area contributed by atoms with Crippen LogP contribution >= 0.6 is 11.3 Å². The van der Waals surface area contributed by atoms with Crippen LogP contribution in [0.2, 0.25) is 0 Å². The second-order valence-electron chi connectivity index (χ2n) is 7.37. The third-order valence-corrected chi connectivity index (χ3v) is 6.35. The summed E-state index contributed by atoms with van der Waals surface area (Å²) in [4.78, 5) is 17.1. The predicted octanol–water partition coefficient (Wildman–Crippen LogP) is 4.14. The van der Waals surface area contributed by atoms with Gasteiger partial charge in [0.25, 0.3) is 0 Å². The zero-order chi connectivity index (χ0) is 16.1. The van der Waals surface area contributed by atoms with Gasteiger partial charge in [0.15, 0.2) is 0 Å². The van der Waals surface area contributed by atoms with E-state index in [2.05, 4.69) is 33.7 Å². The van der Waals surface area contributed by atoms with Crippen molar-refractivity contribution in [1.29, 1.82) is 0 Å². The van der Waals surface area contributed by atoms with Gasteiger partial charge >= 0.3 is 0 Å². The molecule has 23 heavy (non-hydrogen) atoms. The molecule has 1 aliphatic carbocycles. The lowest BCUT2D eigenvalue weighted by Crippen LogP contribution is -2.36. The maximum Gasteiger partial charge on any atom is 0.222 e. The summed E-state index contributed by atoms with van der Waals surface area (Å²) in [5.41, 5.74) is 1.40. The summed E-state index contributed by atoms with van der Waals surface area (Å²) in [5.74, 6) is 1.15. The van der Waals surface area contributed by atoms with Crippen LogP contribution in [0.25, 0.3) is 0 Å². The lowest BCUT2D eigenvalue weighted by molar-refractivity contribution is -0.131. The summed E-state index contributed by atoms with van der Waals surface area (Å²) < 4.78 is 0. The number of nitrogens with zero attached hydrogens (tertiary/aromatic N) is 2. The van der Waals surface area contributed by atoms with Crippen molar-refractivity contribution in [3.63, 3.8) is 0 Å². The minimum absolute atomic E-state index is 0.391. The summed E-state index contributed by atoms with van der Waals surface area (Å²) in [7, 11) is 2.21. The van der Waals surface area contributed by atoms with E-state index in [1.54, 1.807) is 11.3 Å². The van der Waals surface area contributed by atoms with Crippen molar-refractivity contribution in [3.05, 3.63) is 22.4 Å². The van der Waals surface area contributed by atoms with Crippen molar-refractivity contribution in [2.75, 3.05) is 20.1 Å². The Kier molecular flexibility index (Phi) is 6.12. The van der Waals surface area contributed by atoms with Crippen LogP contribution in [0.15, 0.2) is 16.8 Å². The Labute approximate surface area is 144 Å². The fourth-order valence-corrected chi connectivity index (χ4v) is 4.80. The fourth-order valence-electron chi connectivity index (χ4n) is 4.14. The molecular weight excluding hydrogens is 304 g/mol. The molecule has 0 aromatic carbocycles. The average Bonchev–Trinajstić information content (AvgIpc) is 3.00. The van der Waals surface area contributed by atoms with Gasteiger partial charge in [0.05, 0.1) is 0 Å². The topological polar surface area (TPSA) is 23.6 Å². The smallest absolute Gasteiger partial charge is 0.222 e. The molecule has 0 N–H and O–H groups in total. The summed E-state index contributed by atoms with van der Waals surface area (Å²) in [6.07, 6.45) is 9.62. The Morgan fingerprint density at radius 2 is 2.04 bits per heavy atom. The Hall–Kier alpha value is -0.870. The van der Waals surface area contributed by atoms with Crippen molar-refractivity contribution in [1.82, 2.24) is 9.80 Å². The first kappa shape index (κ1) is 17.0. The standard InChI is InChI=1S/C19H30N2OS/c1-20(13-17-10-12-23-15-17)18-7-8-19(22)21(11-9-18)14-16-5-3-2-4-6-16/h10,12,15-16,18H,2-9,11,13-14H2,1H3. The van der Waals surface area contributed by atoms with E-state index in [1.807, 2.05) is 0 Å². The van der Waals surface area contributed by atoms with Crippen molar-refractivity contribution in [3.8, 4) is 0 Å². The van der Waals surface area contributed by atoms with Crippen LogP contribution in [0.4, 0.5) is 0 Å². The van der Waals surface area contributed by atoms with Crippen LogP contribution in [-0.2, 0) is 11.3 Å². The summed E-state index contributed by atoms with van der Waals surface area (Å²) in [5, 5.41) is 4.37. The maximum absolute atomic E-state index is 12.5. The fraction of sp³-hybridized carbons (Fsp3) is 0.737. The number of hydrogen-bond acceptors (Lipinski definition) is 3. The highest BCUT2D eigenvalue weighted by Gasteiger charge is 2.27. The van der Waals surface area contributed by atoms with Crippen molar-refractivity contribution in [2.24, 2.45) is 5.92 Å². The van der Waals surface area contributed by atoms with Gasteiger partial charge in [-0.25, -0.2) is 0 Å². The highest BCUT2D eigenvalue weighted by atomic mass is 32.1.